The van der Waals surface area contributed by atoms with Crippen LogP contribution in [0.2, 0.25) is 0 Å². The molecule has 2 aliphatic rings. The average molecular weight is 294 g/mol. The number of ether oxygens (including phenoxy) is 1. The number of piperazine rings is 1. The maximum atomic E-state index is 12.3. The summed E-state index contributed by atoms with van der Waals surface area (Å²) in [7, 11) is 0. The Morgan fingerprint density at radius 3 is 2.80 bits per heavy atom. The summed E-state index contributed by atoms with van der Waals surface area (Å²) >= 11 is 1.75. The van der Waals surface area contributed by atoms with Crippen LogP contribution in [0.4, 0.5) is 0 Å². The maximum absolute atomic E-state index is 12.3. The van der Waals surface area contributed by atoms with E-state index in [1.807, 2.05) is 4.90 Å². The Morgan fingerprint density at radius 2 is 2.20 bits per heavy atom. The van der Waals surface area contributed by atoms with Gasteiger partial charge in [-0.3, -0.25) is 9.69 Å². The highest BCUT2D eigenvalue weighted by atomic mass is 32.1. The molecule has 1 aromatic rings. The molecule has 0 saturated carbocycles. The van der Waals surface area contributed by atoms with Gasteiger partial charge in [-0.1, -0.05) is 0 Å². The van der Waals surface area contributed by atoms with Crippen molar-refractivity contribution in [2.24, 2.45) is 0 Å². The van der Waals surface area contributed by atoms with Gasteiger partial charge in [0.05, 0.1) is 0 Å². The van der Waals surface area contributed by atoms with Gasteiger partial charge in [-0.05, 0) is 42.2 Å². The van der Waals surface area contributed by atoms with Crippen molar-refractivity contribution < 1.29 is 9.53 Å². The molecule has 1 amide bonds. The van der Waals surface area contributed by atoms with Gasteiger partial charge < -0.3 is 9.64 Å². The van der Waals surface area contributed by atoms with Crippen LogP contribution in [0.5, 0.6) is 0 Å². The number of carbonyl (C=O) groups excluding carboxylic acids is 1. The Kier molecular flexibility index (Phi) is 4.38. The second-order valence-corrected chi connectivity index (χ2v) is 6.38. The van der Waals surface area contributed by atoms with Crippen LogP contribution < -0.4 is 0 Å². The quantitative estimate of drug-likeness (QED) is 0.856. The third kappa shape index (κ3) is 2.90. The second-order valence-electron chi connectivity index (χ2n) is 5.60. The van der Waals surface area contributed by atoms with E-state index in [4.69, 9.17) is 4.74 Å². The van der Waals surface area contributed by atoms with Crippen molar-refractivity contribution in [1.29, 1.82) is 0 Å². The monoisotopic (exact) mass is 294 g/mol. The van der Waals surface area contributed by atoms with Crippen LogP contribution in [-0.4, -0.2) is 54.6 Å². The molecule has 0 unspecified atom stereocenters. The van der Waals surface area contributed by atoms with Gasteiger partial charge in [-0.2, -0.15) is 11.3 Å². The average Bonchev–Trinajstić information content (AvgIpc) is 3.18. The third-order valence-corrected chi connectivity index (χ3v) is 5.11. The molecule has 0 radical (unpaired) electrons. The second kappa shape index (κ2) is 6.24. The van der Waals surface area contributed by atoms with Crippen molar-refractivity contribution in [3.05, 3.63) is 22.4 Å². The van der Waals surface area contributed by atoms with Crippen LogP contribution in [0, 0.1) is 0 Å². The molecule has 4 nitrogen and oxygen atoms in total. The topological polar surface area (TPSA) is 32.8 Å². The number of hydrogen-bond acceptors (Lipinski definition) is 4. The van der Waals surface area contributed by atoms with Crippen LogP contribution in [-0.2, 0) is 9.53 Å². The molecule has 2 saturated heterocycles. The molecule has 20 heavy (non-hydrogen) atoms. The van der Waals surface area contributed by atoms with Crippen molar-refractivity contribution >= 4 is 17.2 Å². The molecule has 2 aliphatic heterocycles. The van der Waals surface area contributed by atoms with Crippen molar-refractivity contribution in [1.82, 2.24) is 9.80 Å². The van der Waals surface area contributed by atoms with Gasteiger partial charge in [0.2, 0.25) is 0 Å². The standard InChI is InChI=1S/C15H22N2O2S/c1-12(13-4-10-20-11-13)16-5-7-17(8-6-16)15(18)14-3-2-9-19-14/h4,10-12,14H,2-3,5-9H2,1H3/t12-,14+/m0/s1. The molecular formula is C15H22N2O2S. The maximum Gasteiger partial charge on any atom is 0.251 e. The van der Waals surface area contributed by atoms with Gasteiger partial charge >= 0.3 is 0 Å². The van der Waals surface area contributed by atoms with Gasteiger partial charge in [0, 0.05) is 38.8 Å². The molecule has 110 valence electrons. The molecule has 2 atom stereocenters. The van der Waals surface area contributed by atoms with E-state index in [0.29, 0.717) is 6.04 Å². The molecule has 0 bridgehead atoms. The van der Waals surface area contributed by atoms with Crippen LogP contribution >= 0.6 is 11.3 Å². The molecular weight excluding hydrogens is 272 g/mol. The molecule has 0 aromatic carbocycles. The smallest absolute Gasteiger partial charge is 0.251 e. The van der Waals surface area contributed by atoms with Crippen LogP contribution in [0.3, 0.4) is 0 Å². The normalized spacial score (nSPS) is 25.9. The van der Waals surface area contributed by atoms with Crippen LogP contribution in [0.15, 0.2) is 16.8 Å². The fraction of sp³-hybridized carbons (Fsp3) is 0.667. The van der Waals surface area contributed by atoms with E-state index in [1.165, 1.54) is 5.56 Å². The lowest BCUT2D eigenvalue weighted by Crippen LogP contribution is -2.51. The van der Waals surface area contributed by atoms with Crippen molar-refractivity contribution in [2.75, 3.05) is 32.8 Å². The Bertz CT molecular complexity index is 435. The number of nitrogens with zero attached hydrogens (tertiary/aromatic N) is 2. The zero-order valence-electron chi connectivity index (χ0n) is 12.0. The highest BCUT2D eigenvalue weighted by molar-refractivity contribution is 7.07. The summed E-state index contributed by atoms with van der Waals surface area (Å²) in [5.41, 5.74) is 1.38. The summed E-state index contributed by atoms with van der Waals surface area (Å²) in [6.45, 7) is 6.55. The van der Waals surface area contributed by atoms with Gasteiger partial charge in [-0.15, -0.1) is 0 Å². The summed E-state index contributed by atoms with van der Waals surface area (Å²) < 4.78 is 5.50. The van der Waals surface area contributed by atoms with E-state index < -0.39 is 0 Å². The lowest BCUT2D eigenvalue weighted by Gasteiger charge is -2.38. The third-order valence-electron chi connectivity index (χ3n) is 4.40. The van der Waals surface area contributed by atoms with Gasteiger partial charge in [0.1, 0.15) is 6.10 Å². The minimum Gasteiger partial charge on any atom is -0.368 e. The minimum atomic E-state index is -0.171. The van der Waals surface area contributed by atoms with Gasteiger partial charge in [0.15, 0.2) is 0 Å². The Hall–Kier alpha value is -0.910. The highest BCUT2D eigenvalue weighted by Gasteiger charge is 2.31. The molecule has 0 spiro atoms. The lowest BCUT2D eigenvalue weighted by atomic mass is 10.1. The summed E-state index contributed by atoms with van der Waals surface area (Å²) in [6, 6.07) is 2.64. The van der Waals surface area contributed by atoms with E-state index >= 15 is 0 Å². The summed E-state index contributed by atoms with van der Waals surface area (Å²) in [5.74, 6) is 0.199. The van der Waals surface area contributed by atoms with Crippen LogP contribution in [0.25, 0.3) is 0 Å². The molecule has 1 aromatic heterocycles. The van der Waals surface area contributed by atoms with Crippen LogP contribution in [0.1, 0.15) is 31.4 Å². The van der Waals surface area contributed by atoms with Crippen molar-refractivity contribution in [3.8, 4) is 0 Å². The Labute approximate surface area is 124 Å². The molecule has 0 N–H and O–H groups in total. The summed E-state index contributed by atoms with van der Waals surface area (Å²) in [6.07, 6.45) is 1.74. The van der Waals surface area contributed by atoms with Crippen molar-refractivity contribution in [3.63, 3.8) is 0 Å². The highest BCUT2D eigenvalue weighted by Crippen LogP contribution is 2.24. The largest absolute Gasteiger partial charge is 0.368 e. The fourth-order valence-electron chi connectivity index (χ4n) is 3.03. The molecule has 3 rings (SSSR count). The predicted molar refractivity (Wildman–Crippen MR) is 79.9 cm³/mol. The van der Waals surface area contributed by atoms with E-state index in [2.05, 4.69) is 28.7 Å². The van der Waals surface area contributed by atoms with E-state index in [0.717, 1.165) is 45.6 Å². The lowest BCUT2D eigenvalue weighted by molar-refractivity contribution is -0.143. The first-order valence-corrected chi connectivity index (χ1v) is 8.36. The Balaban J connectivity index is 1.53. The minimum absolute atomic E-state index is 0.171. The molecule has 5 heteroatoms. The molecule has 3 heterocycles. The number of rotatable bonds is 3. The first-order chi connectivity index (χ1) is 9.75. The summed E-state index contributed by atoms with van der Waals surface area (Å²) in [5, 5.41) is 4.34. The number of amides is 1. The van der Waals surface area contributed by atoms with Gasteiger partial charge in [-0.25, -0.2) is 0 Å². The Morgan fingerprint density at radius 1 is 1.40 bits per heavy atom. The van der Waals surface area contributed by atoms with E-state index in [9.17, 15) is 4.79 Å². The van der Waals surface area contributed by atoms with Crippen molar-refractivity contribution in [2.45, 2.75) is 31.9 Å². The predicted octanol–water partition coefficient (Wildman–Crippen LogP) is 2.13. The number of carbonyl (C=O) groups is 1. The first-order valence-electron chi connectivity index (χ1n) is 7.42. The first kappa shape index (κ1) is 14.0. The number of hydrogen-bond donors (Lipinski definition) is 0. The fourth-order valence-corrected chi connectivity index (χ4v) is 3.78. The molecule has 2 fully saturated rings. The SMILES string of the molecule is C[C@@H](c1ccsc1)N1CCN(C(=O)[C@H]2CCCO2)CC1. The zero-order valence-corrected chi connectivity index (χ0v) is 12.8. The van der Waals surface area contributed by atoms with E-state index in [-0.39, 0.29) is 12.0 Å². The van der Waals surface area contributed by atoms with E-state index in [1.54, 1.807) is 11.3 Å². The summed E-state index contributed by atoms with van der Waals surface area (Å²) in [4.78, 5) is 16.7. The van der Waals surface area contributed by atoms with Gasteiger partial charge in [0.25, 0.3) is 5.91 Å². The number of thiophene rings is 1. The molecule has 0 aliphatic carbocycles. The zero-order chi connectivity index (χ0) is 13.9.